The maximum atomic E-state index is 12.5. The number of ether oxygens (including phenoxy) is 2. The molecule has 0 aliphatic rings. The number of rotatable bonds is 10. The molecule has 1 aromatic heterocycles. The predicted molar refractivity (Wildman–Crippen MR) is 114 cm³/mol. The summed E-state index contributed by atoms with van der Waals surface area (Å²) >= 11 is 0. The zero-order chi connectivity index (χ0) is 22.3. The zero-order valence-corrected chi connectivity index (χ0v) is 18.3. The molecule has 30 heavy (non-hydrogen) atoms. The van der Waals surface area contributed by atoms with Crippen LogP contribution in [0.5, 0.6) is 0 Å². The Morgan fingerprint density at radius 3 is 2.47 bits per heavy atom. The van der Waals surface area contributed by atoms with Crippen molar-refractivity contribution in [3.05, 3.63) is 58.4 Å². The minimum Gasteiger partial charge on any atom is -0.457 e. The lowest BCUT2D eigenvalue weighted by Gasteiger charge is -2.17. The number of aromatic nitrogens is 1. The van der Waals surface area contributed by atoms with Gasteiger partial charge >= 0.3 is 5.97 Å². The second kappa shape index (κ2) is 10.7. The second-order valence-corrected chi connectivity index (χ2v) is 7.36. The molecule has 2 rings (SSSR count). The van der Waals surface area contributed by atoms with E-state index in [0.29, 0.717) is 17.7 Å². The molecule has 0 saturated heterocycles. The number of hydrogen-bond donors (Lipinski definition) is 1. The van der Waals surface area contributed by atoms with Crippen molar-refractivity contribution in [1.82, 2.24) is 9.88 Å². The van der Waals surface area contributed by atoms with Crippen LogP contribution in [0.25, 0.3) is 0 Å². The standard InChI is InChI=1S/C23H30N2O5/c1-15-8-6-7-9-19(15)23(28)24-11-10-22(27)30-14-21(26)20-12-16(2)25(18(20)4)17(3)13-29-5/h6-9,12,17H,10-11,13-14H2,1-5H3,(H,24,28). The molecular formula is C23H30N2O5. The van der Waals surface area contributed by atoms with Crippen molar-refractivity contribution < 1.29 is 23.9 Å². The Kier molecular flexibility index (Phi) is 8.35. The molecule has 1 atom stereocenters. The summed E-state index contributed by atoms with van der Waals surface area (Å²) in [6.07, 6.45) is -0.00516. The van der Waals surface area contributed by atoms with E-state index in [1.165, 1.54) is 0 Å². The van der Waals surface area contributed by atoms with E-state index in [2.05, 4.69) is 5.32 Å². The SMILES string of the molecule is COCC(C)n1c(C)cc(C(=O)COC(=O)CCNC(=O)c2ccccc2C)c1C. The highest BCUT2D eigenvalue weighted by Gasteiger charge is 2.20. The van der Waals surface area contributed by atoms with Gasteiger partial charge in [0.15, 0.2) is 6.61 Å². The van der Waals surface area contributed by atoms with Crippen LogP contribution in [0, 0.1) is 20.8 Å². The highest BCUT2D eigenvalue weighted by atomic mass is 16.5. The number of Topliss-reactive ketones (excluding diaryl/α,β-unsaturated/α-hetero) is 1. The van der Waals surface area contributed by atoms with Crippen LogP contribution < -0.4 is 5.32 Å². The van der Waals surface area contributed by atoms with Gasteiger partial charge in [-0.05, 0) is 45.4 Å². The molecule has 1 unspecified atom stereocenters. The number of amides is 1. The van der Waals surface area contributed by atoms with E-state index in [1.807, 2.05) is 44.4 Å². The van der Waals surface area contributed by atoms with Gasteiger partial charge in [-0.1, -0.05) is 18.2 Å². The third-order valence-corrected chi connectivity index (χ3v) is 5.00. The third-order valence-electron chi connectivity index (χ3n) is 5.00. The molecule has 1 heterocycles. The highest BCUT2D eigenvalue weighted by molar-refractivity contribution is 5.99. The number of carbonyl (C=O) groups is 3. The van der Waals surface area contributed by atoms with E-state index in [1.54, 1.807) is 25.3 Å². The van der Waals surface area contributed by atoms with Crippen LogP contribution in [0.1, 0.15) is 57.1 Å². The van der Waals surface area contributed by atoms with Crippen LogP contribution in [0.4, 0.5) is 0 Å². The average Bonchev–Trinajstić information content (AvgIpc) is 3.00. The van der Waals surface area contributed by atoms with E-state index in [-0.39, 0.29) is 37.3 Å². The molecule has 0 fully saturated rings. The van der Waals surface area contributed by atoms with Crippen molar-refractivity contribution in [2.75, 3.05) is 26.9 Å². The van der Waals surface area contributed by atoms with E-state index < -0.39 is 5.97 Å². The molecule has 162 valence electrons. The molecule has 1 aromatic carbocycles. The van der Waals surface area contributed by atoms with Crippen molar-refractivity contribution in [3.63, 3.8) is 0 Å². The summed E-state index contributed by atoms with van der Waals surface area (Å²) in [6, 6.07) is 9.12. The van der Waals surface area contributed by atoms with Crippen LogP contribution in [-0.4, -0.2) is 49.1 Å². The number of aryl methyl sites for hydroxylation is 2. The van der Waals surface area contributed by atoms with Gasteiger partial charge in [0.2, 0.25) is 5.78 Å². The number of ketones is 1. The summed E-state index contributed by atoms with van der Waals surface area (Å²) < 4.78 is 12.3. The van der Waals surface area contributed by atoms with Gasteiger partial charge in [-0.15, -0.1) is 0 Å². The normalized spacial score (nSPS) is 11.8. The Morgan fingerprint density at radius 2 is 1.80 bits per heavy atom. The maximum absolute atomic E-state index is 12.5. The Bertz CT molecular complexity index is 916. The average molecular weight is 415 g/mol. The number of nitrogens with one attached hydrogen (secondary N) is 1. The lowest BCUT2D eigenvalue weighted by atomic mass is 10.1. The third kappa shape index (κ3) is 5.79. The fourth-order valence-electron chi connectivity index (χ4n) is 3.55. The smallest absolute Gasteiger partial charge is 0.308 e. The van der Waals surface area contributed by atoms with Crippen LogP contribution in [0.15, 0.2) is 30.3 Å². The van der Waals surface area contributed by atoms with Crippen molar-refractivity contribution >= 4 is 17.7 Å². The van der Waals surface area contributed by atoms with E-state index >= 15 is 0 Å². The van der Waals surface area contributed by atoms with Gasteiger partial charge in [0.1, 0.15) is 0 Å². The van der Waals surface area contributed by atoms with Crippen molar-refractivity contribution in [2.45, 2.75) is 40.2 Å². The van der Waals surface area contributed by atoms with Gasteiger partial charge in [-0.25, -0.2) is 0 Å². The van der Waals surface area contributed by atoms with Crippen molar-refractivity contribution in [3.8, 4) is 0 Å². The lowest BCUT2D eigenvalue weighted by molar-refractivity contribution is -0.142. The molecule has 1 N–H and O–H groups in total. The summed E-state index contributed by atoms with van der Waals surface area (Å²) in [5.41, 5.74) is 3.74. The number of methoxy groups -OCH3 is 1. The molecule has 7 nitrogen and oxygen atoms in total. The number of esters is 1. The minimum atomic E-state index is -0.532. The lowest BCUT2D eigenvalue weighted by Crippen LogP contribution is -2.27. The van der Waals surface area contributed by atoms with Gasteiger partial charge in [0.25, 0.3) is 5.91 Å². The van der Waals surface area contributed by atoms with E-state index in [0.717, 1.165) is 17.0 Å². The molecule has 0 spiro atoms. The van der Waals surface area contributed by atoms with Crippen molar-refractivity contribution in [2.24, 2.45) is 0 Å². The van der Waals surface area contributed by atoms with Crippen LogP contribution >= 0.6 is 0 Å². The number of benzene rings is 1. The Labute approximate surface area is 177 Å². The first-order valence-corrected chi connectivity index (χ1v) is 9.96. The molecule has 1 amide bonds. The Hall–Kier alpha value is -2.93. The second-order valence-electron chi connectivity index (χ2n) is 7.36. The fraction of sp³-hybridized carbons (Fsp3) is 0.435. The van der Waals surface area contributed by atoms with Crippen LogP contribution in [0.2, 0.25) is 0 Å². The number of hydrogen-bond acceptors (Lipinski definition) is 5. The molecule has 0 bridgehead atoms. The summed E-state index contributed by atoms with van der Waals surface area (Å²) in [6.45, 7) is 8.02. The molecule has 0 aliphatic heterocycles. The largest absolute Gasteiger partial charge is 0.457 e. The van der Waals surface area contributed by atoms with Crippen LogP contribution in [0.3, 0.4) is 0 Å². The zero-order valence-electron chi connectivity index (χ0n) is 18.3. The summed E-state index contributed by atoms with van der Waals surface area (Å²) in [5.74, 6) is -1.03. The Balaban J connectivity index is 1.84. The molecule has 0 aliphatic carbocycles. The predicted octanol–water partition coefficient (Wildman–Crippen LogP) is 3.17. The van der Waals surface area contributed by atoms with E-state index in [4.69, 9.17) is 9.47 Å². The first-order chi connectivity index (χ1) is 14.3. The number of nitrogens with zero attached hydrogens (tertiary/aromatic N) is 1. The van der Waals surface area contributed by atoms with Crippen LogP contribution in [-0.2, 0) is 14.3 Å². The molecule has 7 heteroatoms. The molecule has 2 aromatic rings. The monoisotopic (exact) mass is 414 g/mol. The van der Waals surface area contributed by atoms with Crippen molar-refractivity contribution in [1.29, 1.82) is 0 Å². The quantitative estimate of drug-likeness (QED) is 0.477. The highest BCUT2D eigenvalue weighted by Crippen LogP contribution is 2.21. The number of carbonyl (C=O) groups excluding carboxylic acids is 3. The first kappa shape index (κ1) is 23.3. The van der Waals surface area contributed by atoms with Gasteiger partial charge in [-0.2, -0.15) is 0 Å². The summed E-state index contributed by atoms with van der Waals surface area (Å²) in [5, 5.41) is 2.69. The fourth-order valence-corrected chi connectivity index (χ4v) is 3.55. The Morgan fingerprint density at radius 1 is 1.10 bits per heavy atom. The maximum Gasteiger partial charge on any atom is 0.308 e. The molecule has 0 radical (unpaired) electrons. The molecular weight excluding hydrogens is 384 g/mol. The topological polar surface area (TPSA) is 86.6 Å². The summed E-state index contributed by atoms with van der Waals surface area (Å²) in [4.78, 5) is 36.6. The van der Waals surface area contributed by atoms with E-state index in [9.17, 15) is 14.4 Å². The summed E-state index contributed by atoms with van der Waals surface area (Å²) in [7, 11) is 1.64. The first-order valence-electron chi connectivity index (χ1n) is 9.96. The van der Waals surface area contributed by atoms with Gasteiger partial charge in [0.05, 0.1) is 19.1 Å². The van der Waals surface area contributed by atoms with Gasteiger partial charge in [-0.3, -0.25) is 14.4 Å². The molecule has 0 saturated carbocycles. The van der Waals surface area contributed by atoms with Gasteiger partial charge in [0, 0.05) is 36.2 Å². The van der Waals surface area contributed by atoms with Gasteiger partial charge < -0.3 is 19.4 Å². The minimum absolute atomic E-state index is 0.00516.